The van der Waals surface area contributed by atoms with Gasteiger partial charge in [0.2, 0.25) is 10.0 Å². The Hall–Kier alpha value is -1.93. The minimum Gasteiger partial charge on any atom is -0.348 e. The zero-order valence-electron chi connectivity index (χ0n) is 12.8. The second-order valence-corrected chi connectivity index (χ2v) is 7.46. The summed E-state index contributed by atoms with van der Waals surface area (Å²) in [5.74, 6) is -1.38. The Kier molecular flexibility index (Phi) is 5.67. The lowest BCUT2D eigenvalue weighted by molar-refractivity contribution is -0.140. The molecule has 0 saturated carbocycles. The van der Waals surface area contributed by atoms with Crippen molar-refractivity contribution < 1.29 is 18.0 Å². The lowest BCUT2D eigenvalue weighted by atomic mass is 10.1. The van der Waals surface area contributed by atoms with Crippen molar-refractivity contribution in [1.82, 2.24) is 10.6 Å². The van der Waals surface area contributed by atoms with Gasteiger partial charge in [-0.25, -0.2) is 13.6 Å². The van der Waals surface area contributed by atoms with E-state index in [2.05, 4.69) is 10.6 Å². The molecule has 1 rings (SSSR count). The van der Waals surface area contributed by atoms with E-state index in [0.29, 0.717) is 6.42 Å². The Morgan fingerprint density at radius 3 is 2.09 bits per heavy atom. The van der Waals surface area contributed by atoms with Gasteiger partial charge >= 0.3 is 11.8 Å². The van der Waals surface area contributed by atoms with Gasteiger partial charge in [0.15, 0.2) is 0 Å². The van der Waals surface area contributed by atoms with Crippen LogP contribution in [0.3, 0.4) is 0 Å². The first kappa shape index (κ1) is 18.1. The molecule has 0 aliphatic carbocycles. The largest absolute Gasteiger partial charge is 0.348 e. The Morgan fingerprint density at radius 2 is 1.64 bits per heavy atom. The van der Waals surface area contributed by atoms with Crippen LogP contribution in [0.5, 0.6) is 0 Å². The number of rotatable bonds is 4. The van der Waals surface area contributed by atoms with Crippen molar-refractivity contribution in [2.24, 2.45) is 5.14 Å². The number of nitrogens with two attached hydrogens (primary N) is 1. The Bertz CT molecular complexity index is 646. The summed E-state index contributed by atoms with van der Waals surface area (Å²) >= 11 is 0. The summed E-state index contributed by atoms with van der Waals surface area (Å²) in [4.78, 5) is 23.2. The molecular weight excluding hydrogens is 306 g/mol. The number of sulfonamides is 1. The van der Waals surface area contributed by atoms with Crippen molar-refractivity contribution in [3.05, 3.63) is 29.8 Å². The van der Waals surface area contributed by atoms with E-state index in [4.69, 9.17) is 5.14 Å². The zero-order chi connectivity index (χ0) is 17.0. The fourth-order valence-corrected chi connectivity index (χ4v) is 2.16. The summed E-state index contributed by atoms with van der Waals surface area (Å²) < 4.78 is 22.2. The van der Waals surface area contributed by atoms with E-state index in [1.807, 2.05) is 0 Å². The van der Waals surface area contributed by atoms with Crippen LogP contribution >= 0.6 is 0 Å². The van der Waals surface area contributed by atoms with E-state index in [1.54, 1.807) is 32.9 Å². The molecule has 1 aromatic rings. The molecule has 1 aromatic carbocycles. The van der Waals surface area contributed by atoms with E-state index in [-0.39, 0.29) is 11.4 Å². The number of hydrogen-bond acceptors (Lipinski definition) is 4. The predicted molar refractivity (Wildman–Crippen MR) is 82.4 cm³/mol. The van der Waals surface area contributed by atoms with Gasteiger partial charge in [-0.15, -0.1) is 0 Å². The fourth-order valence-electron chi connectivity index (χ4n) is 1.64. The maximum Gasteiger partial charge on any atom is 0.309 e. The van der Waals surface area contributed by atoms with Gasteiger partial charge in [-0.1, -0.05) is 12.1 Å². The number of nitrogens with one attached hydrogen (secondary N) is 2. The van der Waals surface area contributed by atoms with Crippen molar-refractivity contribution in [2.75, 3.05) is 6.54 Å². The van der Waals surface area contributed by atoms with Crippen molar-refractivity contribution in [3.63, 3.8) is 0 Å². The summed E-state index contributed by atoms with van der Waals surface area (Å²) in [7, 11) is -3.70. The van der Waals surface area contributed by atoms with Crippen LogP contribution in [0, 0.1) is 0 Å². The van der Waals surface area contributed by atoms with Crippen LogP contribution in [0.25, 0.3) is 0 Å². The van der Waals surface area contributed by atoms with Gasteiger partial charge < -0.3 is 10.6 Å². The Balaban J connectivity index is 2.48. The monoisotopic (exact) mass is 327 g/mol. The molecule has 0 bridgehead atoms. The van der Waals surface area contributed by atoms with Gasteiger partial charge in [0, 0.05) is 12.1 Å². The van der Waals surface area contributed by atoms with E-state index in [1.165, 1.54) is 12.1 Å². The SMILES string of the molecule is CC(C)(C)NC(=O)C(=O)NCCc1ccc(S(N)(=O)=O)cc1. The first-order valence-electron chi connectivity index (χ1n) is 6.71. The third kappa shape index (κ3) is 6.23. The molecule has 0 radical (unpaired) electrons. The Morgan fingerprint density at radius 1 is 1.09 bits per heavy atom. The Labute approximate surface area is 130 Å². The molecular formula is C14H21N3O4S. The molecule has 0 aliphatic rings. The maximum absolute atomic E-state index is 11.6. The standard InChI is InChI=1S/C14H21N3O4S/c1-14(2,3)17-13(19)12(18)16-9-8-10-4-6-11(7-5-10)22(15,20)21/h4-7H,8-9H2,1-3H3,(H,16,18)(H,17,19)(H2,15,20,21). The average Bonchev–Trinajstić information content (AvgIpc) is 2.36. The van der Waals surface area contributed by atoms with Crippen LogP contribution in [0.4, 0.5) is 0 Å². The highest BCUT2D eigenvalue weighted by Gasteiger charge is 2.19. The number of carbonyl (C=O) groups excluding carboxylic acids is 2. The highest BCUT2D eigenvalue weighted by atomic mass is 32.2. The molecule has 8 heteroatoms. The third-order valence-corrected chi connectivity index (χ3v) is 3.58. The molecule has 0 saturated heterocycles. The van der Waals surface area contributed by atoms with Crippen LogP contribution in [-0.2, 0) is 26.0 Å². The summed E-state index contributed by atoms with van der Waals surface area (Å²) in [5, 5.41) is 10.1. The van der Waals surface area contributed by atoms with Gasteiger partial charge in [-0.05, 0) is 44.9 Å². The van der Waals surface area contributed by atoms with Crippen molar-refractivity contribution >= 4 is 21.8 Å². The molecule has 0 aromatic heterocycles. The fraction of sp³-hybridized carbons (Fsp3) is 0.429. The number of benzene rings is 1. The molecule has 7 nitrogen and oxygen atoms in total. The first-order chi connectivity index (χ1) is 9.99. The second kappa shape index (κ2) is 6.89. The number of primary sulfonamides is 1. The topological polar surface area (TPSA) is 118 Å². The van der Waals surface area contributed by atoms with E-state index >= 15 is 0 Å². The van der Waals surface area contributed by atoms with Crippen LogP contribution in [0.2, 0.25) is 0 Å². The predicted octanol–water partition coefficient (Wildman–Crippen LogP) is -0.0926. The molecule has 0 unspecified atom stereocenters. The molecule has 0 fully saturated rings. The van der Waals surface area contributed by atoms with Gasteiger partial charge in [-0.3, -0.25) is 9.59 Å². The summed E-state index contributed by atoms with van der Waals surface area (Å²) in [6, 6.07) is 6.03. The highest BCUT2D eigenvalue weighted by molar-refractivity contribution is 7.89. The van der Waals surface area contributed by atoms with Crippen molar-refractivity contribution in [3.8, 4) is 0 Å². The van der Waals surface area contributed by atoms with Crippen LogP contribution in [0.1, 0.15) is 26.3 Å². The molecule has 0 spiro atoms. The normalized spacial score (nSPS) is 11.8. The smallest absolute Gasteiger partial charge is 0.309 e. The lowest BCUT2D eigenvalue weighted by Gasteiger charge is -2.19. The molecule has 2 amide bonds. The van der Waals surface area contributed by atoms with Gasteiger partial charge in [0.05, 0.1) is 4.90 Å². The van der Waals surface area contributed by atoms with E-state index < -0.39 is 27.4 Å². The average molecular weight is 327 g/mol. The number of carbonyl (C=O) groups is 2. The van der Waals surface area contributed by atoms with E-state index in [9.17, 15) is 18.0 Å². The quantitative estimate of drug-likeness (QED) is 0.670. The van der Waals surface area contributed by atoms with Gasteiger partial charge in [-0.2, -0.15) is 0 Å². The van der Waals surface area contributed by atoms with Crippen LogP contribution < -0.4 is 15.8 Å². The van der Waals surface area contributed by atoms with Crippen molar-refractivity contribution in [2.45, 2.75) is 37.6 Å². The zero-order valence-corrected chi connectivity index (χ0v) is 13.7. The van der Waals surface area contributed by atoms with Gasteiger partial charge in [0.1, 0.15) is 0 Å². The third-order valence-electron chi connectivity index (χ3n) is 2.65. The molecule has 22 heavy (non-hydrogen) atoms. The van der Waals surface area contributed by atoms with Crippen LogP contribution in [-0.4, -0.2) is 32.3 Å². The lowest BCUT2D eigenvalue weighted by Crippen LogP contribution is -2.48. The van der Waals surface area contributed by atoms with Gasteiger partial charge in [0.25, 0.3) is 0 Å². The molecule has 4 N–H and O–H groups in total. The highest BCUT2D eigenvalue weighted by Crippen LogP contribution is 2.08. The second-order valence-electron chi connectivity index (χ2n) is 5.90. The van der Waals surface area contributed by atoms with Crippen molar-refractivity contribution in [1.29, 1.82) is 0 Å². The molecule has 0 heterocycles. The van der Waals surface area contributed by atoms with Crippen LogP contribution in [0.15, 0.2) is 29.2 Å². The minimum atomic E-state index is -3.70. The molecule has 122 valence electrons. The number of hydrogen-bond donors (Lipinski definition) is 3. The molecule has 0 atom stereocenters. The summed E-state index contributed by atoms with van der Waals surface area (Å²) in [5.41, 5.74) is 0.349. The number of amides is 2. The van der Waals surface area contributed by atoms with E-state index in [0.717, 1.165) is 5.56 Å². The minimum absolute atomic E-state index is 0.0323. The first-order valence-corrected chi connectivity index (χ1v) is 8.26. The summed E-state index contributed by atoms with van der Waals surface area (Å²) in [6.45, 7) is 5.62. The maximum atomic E-state index is 11.6. The summed E-state index contributed by atoms with van der Waals surface area (Å²) in [6.07, 6.45) is 0.472. The molecule has 0 aliphatic heterocycles.